The quantitative estimate of drug-likeness (QED) is 0.625. The minimum Gasteiger partial charge on any atom is -0.324 e. The van der Waals surface area contributed by atoms with Crippen LogP contribution in [0.5, 0.6) is 0 Å². The van der Waals surface area contributed by atoms with Crippen LogP contribution in [-0.2, 0) is 10.3 Å². The Labute approximate surface area is 183 Å². The zero-order valence-electron chi connectivity index (χ0n) is 16.7. The van der Waals surface area contributed by atoms with Gasteiger partial charge in [0.15, 0.2) is 5.78 Å². The van der Waals surface area contributed by atoms with Crippen LogP contribution < -0.4 is 5.32 Å². The molecule has 0 saturated carbocycles. The summed E-state index contributed by atoms with van der Waals surface area (Å²) >= 11 is 6.08. The van der Waals surface area contributed by atoms with Crippen molar-refractivity contribution in [3.8, 4) is 0 Å². The number of anilines is 1. The first kappa shape index (κ1) is 19.8. The Hall–Kier alpha value is -3.09. The van der Waals surface area contributed by atoms with E-state index in [2.05, 4.69) is 10.3 Å². The summed E-state index contributed by atoms with van der Waals surface area (Å²) in [7, 11) is 1.80. The van der Waals surface area contributed by atoms with E-state index in [-0.39, 0.29) is 17.6 Å². The molecule has 2 aliphatic rings. The highest BCUT2D eigenvalue weighted by molar-refractivity contribution is 6.30. The van der Waals surface area contributed by atoms with Gasteiger partial charge in [-0.25, -0.2) is 4.39 Å². The molecular weight excluding hydrogens is 417 g/mol. The van der Waals surface area contributed by atoms with Crippen molar-refractivity contribution in [2.45, 2.75) is 11.5 Å². The van der Waals surface area contributed by atoms with Gasteiger partial charge in [0.25, 0.3) is 0 Å². The van der Waals surface area contributed by atoms with Gasteiger partial charge in [-0.15, -0.1) is 0 Å². The van der Waals surface area contributed by atoms with E-state index in [4.69, 9.17) is 11.6 Å². The maximum Gasteiger partial charge on any atom is 0.250 e. The van der Waals surface area contributed by atoms with Crippen molar-refractivity contribution < 1.29 is 14.0 Å². The number of nitrogens with zero attached hydrogens (tertiary/aromatic N) is 2. The normalized spacial score (nSPS) is 24.9. The Bertz CT molecular complexity index is 1190. The van der Waals surface area contributed by atoms with Gasteiger partial charge >= 0.3 is 0 Å². The number of halogens is 2. The lowest BCUT2D eigenvalue weighted by Gasteiger charge is -2.35. The summed E-state index contributed by atoms with van der Waals surface area (Å²) in [5, 5.41) is 3.46. The van der Waals surface area contributed by atoms with Crippen molar-refractivity contribution in [3.63, 3.8) is 0 Å². The number of pyridine rings is 1. The van der Waals surface area contributed by atoms with E-state index in [1.807, 2.05) is 17.0 Å². The van der Waals surface area contributed by atoms with Crippen LogP contribution in [0.4, 0.5) is 10.1 Å². The van der Waals surface area contributed by atoms with Gasteiger partial charge in [0, 0.05) is 46.7 Å². The van der Waals surface area contributed by atoms with Gasteiger partial charge in [-0.1, -0.05) is 23.7 Å². The third-order valence-electron chi connectivity index (χ3n) is 6.44. The smallest absolute Gasteiger partial charge is 0.250 e. The maximum absolute atomic E-state index is 14.3. The summed E-state index contributed by atoms with van der Waals surface area (Å²) in [6.45, 7) is 0.446. The van der Waals surface area contributed by atoms with E-state index in [1.54, 1.807) is 43.6 Å². The van der Waals surface area contributed by atoms with E-state index in [9.17, 15) is 14.0 Å². The number of benzene rings is 2. The van der Waals surface area contributed by atoms with Gasteiger partial charge in [0.1, 0.15) is 11.4 Å². The molecule has 0 aliphatic carbocycles. The topological polar surface area (TPSA) is 62.3 Å². The number of hydrogen-bond acceptors (Lipinski definition) is 4. The van der Waals surface area contributed by atoms with Crippen LogP contribution in [0.3, 0.4) is 0 Å². The minimum absolute atomic E-state index is 0.204. The molecule has 1 N–H and O–H groups in total. The molecule has 1 amide bonds. The highest BCUT2D eigenvalue weighted by atomic mass is 35.5. The highest BCUT2D eigenvalue weighted by Crippen LogP contribution is 2.55. The van der Waals surface area contributed by atoms with Gasteiger partial charge in [-0.2, -0.15) is 0 Å². The Morgan fingerprint density at radius 2 is 2.00 bits per heavy atom. The number of amides is 1. The molecule has 7 heteroatoms. The molecule has 156 valence electrons. The molecule has 1 saturated heterocycles. The van der Waals surface area contributed by atoms with Crippen LogP contribution in [0, 0.1) is 11.7 Å². The predicted molar refractivity (Wildman–Crippen MR) is 116 cm³/mol. The molecule has 1 spiro atoms. The fraction of sp³-hybridized carbons (Fsp3) is 0.208. The molecule has 1 fully saturated rings. The first-order chi connectivity index (χ1) is 14.9. The number of likely N-dealkylation sites (tertiary alicyclic amines) is 1. The average Bonchev–Trinajstić information content (AvgIpc) is 3.24. The second kappa shape index (κ2) is 7.25. The number of rotatable bonds is 3. The third kappa shape index (κ3) is 2.90. The number of fused-ring (bicyclic) bond motifs is 2. The SMILES string of the molecule is CN1C[C@H](c2ccc(Cl)cc2)[C@@H](C(=O)c2cccnc2)[C@@]12C(=O)Nc1ccc(F)cc12. The lowest BCUT2D eigenvalue weighted by Crippen LogP contribution is -2.51. The van der Waals surface area contributed by atoms with Gasteiger partial charge < -0.3 is 5.32 Å². The number of Topliss-reactive ketones (excluding diaryl/α,β-unsaturated/α-hetero) is 1. The summed E-state index contributed by atoms with van der Waals surface area (Å²) in [5.41, 5.74) is 0.999. The Morgan fingerprint density at radius 1 is 1.23 bits per heavy atom. The average molecular weight is 436 g/mol. The molecule has 5 nitrogen and oxygen atoms in total. The second-order valence-electron chi connectivity index (χ2n) is 8.03. The highest BCUT2D eigenvalue weighted by Gasteiger charge is 2.64. The Balaban J connectivity index is 1.74. The van der Waals surface area contributed by atoms with Crippen molar-refractivity contribution in [1.82, 2.24) is 9.88 Å². The number of hydrogen-bond donors (Lipinski definition) is 1. The fourth-order valence-corrected chi connectivity index (χ4v) is 5.24. The van der Waals surface area contributed by atoms with E-state index >= 15 is 0 Å². The van der Waals surface area contributed by atoms with Gasteiger partial charge in [0.2, 0.25) is 5.91 Å². The van der Waals surface area contributed by atoms with Crippen molar-refractivity contribution >= 4 is 29.0 Å². The number of carbonyl (C=O) groups is 2. The van der Waals surface area contributed by atoms with Crippen molar-refractivity contribution in [2.75, 3.05) is 18.9 Å². The van der Waals surface area contributed by atoms with Crippen molar-refractivity contribution in [3.05, 3.63) is 94.5 Å². The van der Waals surface area contributed by atoms with Crippen LogP contribution >= 0.6 is 11.6 Å². The third-order valence-corrected chi connectivity index (χ3v) is 6.69. The van der Waals surface area contributed by atoms with Gasteiger partial charge in [0.05, 0.1) is 5.92 Å². The van der Waals surface area contributed by atoms with Crippen LogP contribution in [0.1, 0.15) is 27.4 Å². The van der Waals surface area contributed by atoms with Crippen molar-refractivity contribution in [2.24, 2.45) is 5.92 Å². The monoisotopic (exact) mass is 435 g/mol. The van der Waals surface area contributed by atoms with Crippen LogP contribution in [0.25, 0.3) is 0 Å². The first-order valence-corrected chi connectivity index (χ1v) is 10.3. The molecule has 2 aliphatic heterocycles. The van der Waals surface area contributed by atoms with Crippen molar-refractivity contribution in [1.29, 1.82) is 0 Å². The number of aromatic nitrogens is 1. The lowest BCUT2D eigenvalue weighted by atomic mass is 9.70. The summed E-state index contributed by atoms with van der Waals surface area (Å²) in [6, 6.07) is 14.9. The molecule has 0 radical (unpaired) electrons. The molecule has 3 aromatic rings. The van der Waals surface area contributed by atoms with E-state index < -0.39 is 17.3 Å². The number of carbonyl (C=O) groups excluding carboxylic acids is 2. The van der Waals surface area contributed by atoms with E-state index in [0.717, 1.165) is 5.56 Å². The number of ketones is 1. The Morgan fingerprint density at radius 3 is 2.71 bits per heavy atom. The zero-order valence-corrected chi connectivity index (χ0v) is 17.4. The standard InChI is InChI=1S/C24H19ClFN3O2/c1-29-13-18(14-4-6-16(25)7-5-14)21(22(30)15-3-2-10-27-12-15)24(29)19-11-17(26)8-9-20(19)28-23(24)31/h2-12,18,21H,13H2,1H3,(H,28,31)/t18-,21+,24+/m1/s1. The molecule has 0 bridgehead atoms. The van der Waals surface area contributed by atoms with Gasteiger partial charge in [-0.05, 0) is 55.1 Å². The molecule has 3 atom stereocenters. The first-order valence-electron chi connectivity index (χ1n) is 9.95. The maximum atomic E-state index is 14.3. The van der Waals surface area contributed by atoms with E-state index in [0.29, 0.717) is 28.4 Å². The fourth-order valence-electron chi connectivity index (χ4n) is 5.11. The molecular formula is C24H19ClFN3O2. The Kier molecular flexibility index (Phi) is 4.64. The molecule has 0 unspecified atom stereocenters. The summed E-state index contributed by atoms with van der Waals surface area (Å²) in [5.74, 6) is -2.05. The molecule has 5 rings (SSSR count). The molecule has 1 aromatic heterocycles. The van der Waals surface area contributed by atoms with Crippen LogP contribution in [0.2, 0.25) is 5.02 Å². The zero-order chi connectivity index (χ0) is 21.8. The largest absolute Gasteiger partial charge is 0.324 e. The van der Waals surface area contributed by atoms with Gasteiger partial charge in [-0.3, -0.25) is 19.5 Å². The lowest BCUT2D eigenvalue weighted by molar-refractivity contribution is -0.126. The predicted octanol–water partition coefficient (Wildman–Crippen LogP) is 4.25. The summed E-state index contributed by atoms with van der Waals surface area (Å²) in [4.78, 5) is 33.3. The summed E-state index contributed by atoms with van der Waals surface area (Å²) < 4.78 is 14.3. The van der Waals surface area contributed by atoms with Crippen LogP contribution in [0.15, 0.2) is 67.0 Å². The molecule has 3 heterocycles. The number of likely N-dealkylation sites (N-methyl/N-ethyl adjacent to an activating group) is 1. The molecule has 2 aromatic carbocycles. The number of nitrogens with one attached hydrogen (secondary N) is 1. The summed E-state index contributed by atoms with van der Waals surface area (Å²) in [6.07, 6.45) is 3.10. The molecule has 31 heavy (non-hydrogen) atoms. The second-order valence-corrected chi connectivity index (χ2v) is 8.47. The van der Waals surface area contributed by atoms with Crippen LogP contribution in [-0.4, -0.2) is 35.2 Å². The van der Waals surface area contributed by atoms with E-state index in [1.165, 1.54) is 18.3 Å². The minimum atomic E-state index is -1.32.